The number of amides is 2. The van der Waals surface area contributed by atoms with Gasteiger partial charge < -0.3 is 20.4 Å². The van der Waals surface area contributed by atoms with Gasteiger partial charge in [-0.25, -0.2) is 0 Å². The Morgan fingerprint density at radius 2 is 1.96 bits per heavy atom. The highest BCUT2D eigenvalue weighted by Crippen LogP contribution is 2.14. The van der Waals surface area contributed by atoms with Gasteiger partial charge in [-0.2, -0.15) is 0 Å². The lowest BCUT2D eigenvalue weighted by molar-refractivity contribution is -1.01. The molecule has 0 radical (unpaired) electrons. The number of quaternary nitrogens is 2. The average molecular weight is 369 g/mol. The van der Waals surface area contributed by atoms with Crippen LogP contribution < -0.4 is 20.4 Å². The van der Waals surface area contributed by atoms with Crippen molar-refractivity contribution >= 4 is 29.1 Å². The van der Waals surface area contributed by atoms with Crippen LogP contribution in [-0.2, 0) is 9.59 Å². The normalized spacial score (nSPS) is 21.4. The Bertz CT molecular complexity index is 588. The summed E-state index contributed by atoms with van der Waals surface area (Å²) in [7, 11) is 0. The molecule has 138 valence electrons. The van der Waals surface area contributed by atoms with E-state index in [-0.39, 0.29) is 17.9 Å². The zero-order valence-electron chi connectivity index (χ0n) is 15.0. The summed E-state index contributed by atoms with van der Waals surface area (Å²) in [5.74, 6) is 0.119. The molecule has 1 saturated heterocycles. The monoisotopic (exact) mass is 368 g/mol. The van der Waals surface area contributed by atoms with Gasteiger partial charge in [0.1, 0.15) is 26.2 Å². The molecule has 0 aromatic heterocycles. The maximum absolute atomic E-state index is 12.5. The minimum atomic E-state index is -0.130. The quantitative estimate of drug-likeness (QED) is 0.497. The SMILES string of the molecule is CCCNC(=O)C[NH+]1CC[NH+]([C@@H](C)C(=O)Nc2cccc(Cl)c2)CC1. The summed E-state index contributed by atoms with van der Waals surface area (Å²) in [5, 5.41) is 6.46. The molecule has 0 spiro atoms. The Morgan fingerprint density at radius 1 is 1.24 bits per heavy atom. The fourth-order valence-corrected chi connectivity index (χ4v) is 3.28. The van der Waals surface area contributed by atoms with Crippen molar-refractivity contribution in [1.29, 1.82) is 0 Å². The van der Waals surface area contributed by atoms with Gasteiger partial charge >= 0.3 is 0 Å². The summed E-state index contributed by atoms with van der Waals surface area (Å²) < 4.78 is 0. The molecule has 7 heteroatoms. The van der Waals surface area contributed by atoms with E-state index in [2.05, 4.69) is 10.6 Å². The lowest BCUT2D eigenvalue weighted by Gasteiger charge is -2.32. The van der Waals surface area contributed by atoms with Gasteiger partial charge in [0.15, 0.2) is 12.6 Å². The van der Waals surface area contributed by atoms with Gasteiger partial charge in [-0.3, -0.25) is 9.59 Å². The molecule has 2 amide bonds. The maximum Gasteiger partial charge on any atom is 0.282 e. The van der Waals surface area contributed by atoms with Crippen LogP contribution in [0.2, 0.25) is 5.02 Å². The minimum absolute atomic E-state index is 0.00130. The predicted octanol–water partition coefficient (Wildman–Crippen LogP) is -1.02. The zero-order valence-corrected chi connectivity index (χ0v) is 15.8. The van der Waals surface area contributed by atoms with Crippen molar-refractivity contribution < 1.29 is 19.4 Å². The second-order valence-electron chi connectivity index (χ2n) is 6.66. The summed E-state index contributed by atoms with van der Waals surface area (Å²) in [6, 6.07) is 7.06. The first-order valence-electron chi connectivity index (χ1n) is 9.01. The molecule has 1 aromatic carbocycles. The molecule has 2 rings (SSSR count). The molecule has 1 atom stereocenters. The summed E-state index contributed by atoms with van der Waals surface area (Å²) in [4.78, 5) is 26.8. The number of hydrogen-bond donors (Lipinski definition) is 4. The van der Waals surface area contributed by atoms with E-state index in [0.29, 0.717) is 11.6 Å². The average Bonchev–Trinajstić information content (AvgIpc) is 2.60. The third kappa shape index (κ3) is 6.30. The Balaban J connectivity index is 1.77. The van der Waals surface area contributed by atoms with Gasteiger partial charge in [-0.1, -0.05) is 24.6 Å². The van der Waals surface area contributed by atoms with Crippen LogP contribution in [0.4, 0.5) is 5.69 Å². The highest BCUT2D eigenvalue weighted by Gasteiger charge is 2.31. The van der Waals surface area contributed by atoms with Crippen LogP contribution in [0.15, 0.2) is 24.3 Å². The molecule has 1 aliphatic rings. The smallest absolute Gasteiger partial charge is 0.282 e. The number of hydrogen-bond acceptors (Lipinski definition) is 2. The van der Waals surface area contributed by atoms with Crippen molar-refractivity contribution in [2.24, 2.45) is 0 Å². The molecule has 0 saturated carbocycles. The molecular formula is C18H29ClN4O2+2. The highest BCUT2D eigenvalue weighted by atomic mass is 35.5. The lowest BCUT2D eigenvalue weighted by atomic mass is 10.2. The third-order valence-corrected chi connectivity index (χ3v) is 4.91. The number of carbonyl (C=O) groups excluding carboxylic acids is 2. The zero-order chi connectivity index (χ0) is 18.2. The Hall–Kier alpha value is -1.63. The molecule has 1 heterocycles. The van der Waals surface area contributed by atoms with E-state index in [1.807, 2.05) is 26.0 Å². The Kier molecular flexibility index (Phi) is 7.68. The fourth-order valence-electron chi connectivity index (χ4n) is 3.09. The Morgan fingerprint density at radius 3 is 2.60 bits per heavy atom. The fraction of sp³-hybridized carbons (Fsp3) is 0.556. The summed E-state index contributed by atoms with van der Waals surface area (Å²) in [6.45, 7) is 8.86. The van der Waals surface area contributed by atoms with Gasteiger partial charge in [-0.05, 0) is 31.5 Å². The summed E-state index contributed by atoms with van der Waals surface area (Å²) in [6.07, 6.45) is 0.957. The van der Waals surface area contributed by atoms with E-state index < -0.39 is 0 Å². The third-order valence-electron chi connectivity index (χ3n) is 4.68. The first-order chi connectivity index (χ1) is 12.0. The molecule has 1 fully saturated rings. The van der Waals surface area contributed by atoms with Crippen LogP contribution >= 0.6 is 11.6 Å². The van der Waals surface area contributed by atoms with Gasteiger partial charge in [0.05, 0.1) is 0 Å². The van der Waals surface area contributed by atoms with Crippen molar-refractivity contribution in [3.8, 4) is 0 Å². The first-order valence-corrected chi connectivity index (χ1v) is 9.38. The summed E-state index contributed by atoms with van der Waals surface area (Å²) >= 11 is 5.95. The number of rotatable bonds is 7. The number of piperazine rings is 1. The Labute approximate surface area is 154 Å². The standard InChI is InChI=1S/C18H27ClN4O2/c1-3-7-20-17(24)13-22-8-10-23(11-9-22)14(2)18(25)21-16-6-4-5-15(19)12-16/h4-6,12,14H,3,7-11,13H2,1-2H3,(H,20,24)(H,21,25)/p+2/t14-/m0/s1. The van der Waals surface area contributed by atoms with Gasteiger partial charge in [0.25, 0.3) is 11.8 Å². The van der Waals surface area contributed by atoms with Crippen LogP contribution in [0.3, 0.4) is 0 Å². The molecular weight excluding hydrogens is 340 g/mol. The van der Waals surface area contributed by atoms with Gasteiger partial charge in [-0.15, -0.1) is 0 Å². The molecule has 0 unspecified atom stereocenters. The number of carbonyl (C=O) groups is 2. The van der Waals surface area contributed by atoms with Crippen LogP contribution in [0.1, 0.15) is 20.3 Å². The van der Waals surface area contributed by atoms with E-state index in [0.717, 1.165) is 44.8 Å². The van der Waals surface area contributed by atoms with Crippen molar-refractivity contribution in [2.45, 2.75) is 26.3 Å². The second kappa shape index (κ2) is 9.75. The van der Waals surface area contributed by atoms with Crippen LogP contribution in [0.25, 0.3) is 0 Å². The topological polar surface area (TPSA) is 67.1 Å². The van der Waals surface area contributed by atoms with Crippen LogP contribution in [0, 0.1) is 0 Å². The second-order valence-corrected chi connectivity index (χ2v) is 7.09. The first kappa shape index (κ1) is 19.7. The van der Waals surface area contributed by atoms with Crippen molar-refractivity contribution in [2.75, 3.05) is 44.6 Å². The van der Waals surface area contributed by atoms with Crippen LogP contribution in [-0.4, -0.2) is 57.1 Å². The highest BCUT2D eigenvalue weighted by molar-refractivity contribution is 6.30. The van der Waals surface area contributed by atoms with Gasteiger partial charge in [0, 0.05) is 17.3 Å². The van der Waals surface area contributed by atoms with E-state index in [9.17, 15) is 9.59 Å². The molecule has 0 aliphatic carbocycles. The molecule has 6 nitrogen and oxygen atoms in total. The molecule has 25 heavy (non-hydrogen) atoms. The van der Waals surface area contributed by atoms with E-state index in [1.165, 1.54) is 9.80 Å². The number of benzene rings is 1. The number of halogens is 1. The largest absolute Gasteiger partial charge is 0.351 e. The van der Waals surface area contributed by atoms with Crippen LogP contribution in [0.5, 0.6) is 0 Å². The van der Waals surface area contributed by atoms with Gasteiger partial charge in [0.2, 0.25) is 0 Å². The van der Waals surface area contributed by atoms with Crippen molar-refractivity contribution in [3.05, 3.63) is 29.3 Å². The van der Waals surface area contributed by atoms with Crippen molar-refractivity contribution in [3.63, 3.8) is 0 Å². The lowest BCUT2D eigenvalue weighted by Crippen LogP contribution is -3.30. The number of anilines is 1. The predicted molar refractivity (Wildman–Crippen MR) is 99.1 cm³/mol. The number of nitrogens with one attached hydrogen (secondary N) is 4. The molecule has 1 aliphatic heterocycles. The van der Waals surface area contributed by atoms with E-state index >= 15 is 0 Å². The van der Waals surface area contributed by atoms with E-state index in [4.69, 9.17) is 11.6 Å². The van der Waals surface area contributed by atoms with Crippen molar-refractivity contribution in [1.82, 2.24) is 5.32 Å². The minimum Gasteiger partial charge on any atom is -0.351 e. The molecule has 4 N–H and O–H groups in total. The van der Waals surface area contributed by atoms with E-state index in [1.54, 1.807) is 12.1 Å². The molecule has 0 bridgehead atoms. The summed E-state index contributed by atoms with van der Waals surface area (Å²) in [5.41, 5.74) is 0.723. The molecule has 1 aromatic rings. The maximum atomic E-state index is 12.5.